The molecule has 0 amide bonds. The second-order valence-corrected chi connectivity index (χ2v) is 4.13. The molecule has 0 atom stereocenters. The molecule has 0 spiro atoms. The highest BCUT2D eigenvalue weighted by Gasteiger charge is 2.14. The van der Waals surface area contributed by atoms with Gasteiger partial charge in [-0.05, 0) is 0 Å². The highest BCUT2D eigenvalue weighted by molar-refractivity contribution is 6.14. The molecule has 18 heavy (non-hydrogen) atoms. The monoisotopic (exact) mass is 238 g/mol. The van der Waals surface area contributed by atoms with Crippen molar-refractivity contribution < 1.29 is 15.0 Å². The molecule has 3 rings (SSSR count). The van der Waals surface area contributed by atoms with Crippen LogP contribution in [0.25, 0.3) is 21.5 Å². The van der Waals surface area contributed by atoms with E-state index in [-0.39, 0.29) is 11.5 Å². The van der Waals surface area contributed by atoms with E-state index in [4.69, 9.17) is 0 Å². The molecule has 0 fully saturated rings. The molecule has 0 heterocycles. The molecule has 0 saturated carbocycles. The van der Waals surface area contributed by atoms with Gasteiger partial charge < -0.3 is 10.2 Å². The van der Waals surface area contributed by atoms with E-state index >= 15 is 0 Å². The number of aldehydes is 1. The predicted molar refractivity (Wildman–Crippen MR) is 70.2 cm³/mol. The Morgan fingerprint density at radius 1 is 0.778 bits per heavy atom. The van der Waals surface area contributed by atoms with Crippen molar-refractivity contribution in [3.8, 4) is 11.5 Å². The third-order valence-electron chi connectivity index (χ3n) is 3.15. The quantitative estimate of drug-likeness (QED) is 0.389. The van der Waals surface area contributed by atoms with Gasteiger partial charge in [0.05, 0.1) is 0 Å². The molecule has 3 nitrogen and oxygen atoms in total. The van der Waals surface area contributed by atoms with Gasteiger partial charge in [-0.1, -0.05) is 42.5 Å². The van der Waals surface area contributed by atoms with Crippen molar-refractivity contribution in [3.05, 3.63) is 48.0 Å². The minimum Gasteiger partial charge on any atom is -0.507 e. The number of carbonyl (C=O) groups excluding carboxylic acids is 1. The number of aromatic hydroxyl groups is 2. The number of phenols is 2. The summed E-state index contributed by atoms with van der Waals surface area (Å²) in [5, 5.41) is 22.5. The van der Waals surface area contributed by atoms with Gasteiger partial charge in [-0.25, -0.2) is 0 Å². The highest BCUT2D eigenvalue weighted by Crippen LogP contribution is 2.42. The summed E-state index contributed by atoms with van der Waals surface area (Å²) in [4.78, 5) is 11.0. The average Bonchev–Trinajstić information content (AvgIpc) is 2.44. The van der Waals surface area contributed by atoms with E-state index in [0.29, 0.717) is 33.4 Å². The van der Waals surface area contributed by atoms with Gasteiger partial charge in [0.15, 0.2) is 6.29 Å². The van der Waals surface area contributed by atoms with Crippen LogP contribution in [0.1, 0.15) is 10.4 Å². The van der Waals surface area contributed by atoms with E-state index in [1.165, 1.54) is 0 Å². The van der Waals surface area contributed by atoms with Crippen molar-refractivity contribution in [1.82, 2.24) is 0 Å². The second kappa shape index (κ2) is 3.74. The Balaban J connectivity index is 2.67. The lowest BCUT2D eigenvalue weighted by molar-refractivity contribution is 0.112. The lowest BCUT2D eigenvalue weighted by Crippen LogP contribution is -1.86. The molecule has 0 aromatic heterocycles. The fraction of sp³-hybridized carbons (Fsp3) is 0. The molecule has 0 aliphatic carbocycles. The molecule has 0 aliphatic rings. The van der Waals surface area contributed by atoms with Crippen molar-refractivity contribution in [2.45, 2.75) is 0 Å². The Morgan fingerprint density at radius 3 is 2.06 bits per heavy atom. The molecule has 3 heteroatoms. The van der Waals surface area contributed by atoms with Crippen LogP contribution in [0.5, 0.6) is 11.5 Å². The zero-order chi connectivity index (χ0) is 12.7. The molecule has 3 aromatic rings. The molecular formula is C15H10O3. The third kappa shape index (κ3) is 1.27. The Labute approximate surface area is 103 Å². The van der Waals surface area contributed by atoms with Crippen LogP contribution in [0.2, 0.25) is 0 Å². The number of benzene rings is 3. The van der Waals surface area contributed by atoms with E-state index in [0.717, 1.165) is 0 Å². The van der Waals surface area contributed by atoms with Gasteiger partial charge in [-0.15, -0.1) is 0 Å². The largest absolute Gasteiger partial charge is 0.507 e. The van der Waals surface area contributed by atoms with Gasteiger partial charge in [0, 0.05) is 27.1 Å². The Bertz CT molecular complexity index is 775. The van der Waals surface area contributed by atoms with Gasteiger partial charge in [0.25, 0.3) is 0 Å². The number of carbonyl (C=O) groups is 1. The molecule has 88 valence electrons. The SMILES string of the molecule is O=Cc1cccc2c(O)c3ccccc3c(O)c12. The van der Waals surface area contributed by atoms with Crippen LogP contribution in [0.4, 0.5) is 0 Å². The van der Waals surface area contributed by atoms with Gasteiger partial charge in [0.1, 0.15) is 11.5 Å². The summed E-state index contributed by atoms with van der Waals surface area (Å²) in [5.41, 5.74) is 0.367. The number of hydrogen-bond donors (Lipinski definition) is 2. The molecule has 0 aliphatic heterocycles. The van der Waals surface area contributed by atoms with Crippen LogP contribution in [-0.2, 0) is 0 Å². The summed E-state index contributed by atoms with van der Waals surface area (Å²) < 4.78 is 0. The highest BCUT2D eigenvalue weighted by atomic mass is 16.3. The lowest BCUT2D eigenvalue weighted by Gasteiger charge is -2.10. The number of phenolic OH excluding ortho intramolecular Hbond substituents is 2. The zero-order valence-electron chi connectivity index (χ0n) is 9.42. The predicted octanol–water partition coefficient (Wildman–Crippen LogP) is 3.22. The zero-order valence-corrected chi connectivity index (χ0v) is 9.42. The standard InChI is InChI=1S/C15H10O3/c16-8-9-4-3-7-12-13(9)15(18)11-6-2-1-5-10(11)14(12)17/h1-8,17-18H. The minimum absolute atomic E-state index is 0.0288. The van der Waals surface area contributed by atoms with E-state index in [1.807, 2.05) is 0 Å². The summed E-state index contributed by atoms with van der Waals surface area (Å²) >= 11 is 0. The van der Waals surface area contributed by atoms with Crippen LogP contribution in [0, 0.1) is 0 Å². The maximum absolute atomic E-state index is 11.0. The van der Waals surface area contributed by atoms with Gasteiger partial charge in [0.2, 0.25) is 0 Å². The number of rotatable bonds is 1. The minimum atomic E-state index is 0.0288. The fourth-order valence-corrected chi connectivity index (χ4v) is 2.31. The van der Waals surface area contributed by atoms with E-state index in [9.17, 15) is 15.0 Å². The van der Waals surface area contributed by atoms with Crippen LogP contribution in [0.15, 0.2) is 42.5 Å². The van der Waals surface area contributed by atoms with Crippen molar-refractivity contribution in [2.24, 2.45) is 0 Å². The first-order valence-corrected chi connectivity index (χ1v) is 5.54. The lowest BCUT2D eigenvalue weighted by atomic mass is 9.97. The summed E-state index contributed by atoms with van der Waals surface area (Å²) in [6, 6.07) is 12.0. The smallest absolute Gasteiger partial charge is 0.150 e. The molecule has 0 unspecified atom stereocenters. The van der Waals surface area contributed by atoms with Gasteiger partial charge in [-0.2, -0.15) is 0 Å². The summed E-state index contributed by atoms with van der Waals surface area (Å²) in [5.74, 6) is 0.114. The van der Waals surface area contributed by atoms with Gasteiger partial charge in [-0.3, -0.25) is 4.79 Å². The number of fused-ring (bicyclic) bond motifs is 2. The molecule has 2 N–H and O–H groups in total. The first kappa shape index (κ1) is 10.6. The second-order valence-electron chi connectivity index (χ2n) is 4.13. The van der Waals surface area contributed by atoms with Crippen molar-refractivity contribution in [3.63, 3.8) is 0 Å². The van der Waals surface area contributed by atoms with Crippen molar-refractivity contribution >= 4 is 27.8 Å². The average molecular weight is 238 g/mol. The molecule has 3 aromatic carbocycles. The first-order valence-electron chi connectivity index (χ1n) is 5.54. The summed E-state index contributed by atoms with van der Waals surface area (Å²) in [7, 11) is 0. The van der Waals surface area contributed by atoms with E-state index in [2.05, 4.69) is 0 Å². The van der Waals surface area contributed by atoms with Crippen molar-refractivity contribution in [1.29, 1.82) is 0 Å². The normalized spacial score (nSPS) is 10.9. The molecule has 0 saturated heterocycles. The summed E-state index contributed by atoms with van der Waals surface area (Å²) in [6.07, 6.45) is 0.677. The van der Waals surface area contributed by atoms with Crippen LogP contribution >= 0.6 is 0 Å². The molecule has 0 bridgehead atoms. The van der Waals surface area contributed by atoms with Crippen LogP contribution in [0.3, 0.4) is 0 Å². The van der Waals surface area contributed by atoms with Crippen LogP contribution in [-0.4, -0.2) is 16.5 Å². The maximum atomic E-state index is 11.0. The molecular weight excluding hydrogens is 228 g/mol. The molecule has 0 radical (unpaired) electrons. The van der Waals surface area contributed by atoms with Gasteiger partial charge >= 0.3 is 0 Å². The fourth-order valence-electron chi connectivity index (χ4n) is 2.31. The Morgan fingerprint density at radius 2 is 1.39 bits per heavy atom. The third-order valence-corrected chi connectivity index (χ3v) is 3.15. The van der Waals surface area contributed by atoms with Crippen molar-refractivity contribution in [2.75, 3.05) is 0 Å². The maximum Gasteiger partial charge on any atom is 0.150 e. The first-order chi connectivity index (χ1) is 8.74. The Hall–Kier alpha value is -2.55. The van der Waals surface area contributed by atoms with E-state index in [1.54, 1.807) is 42.5 Å². The summed E-state index contributed by atoms with van der Waals surface area (Å²) in [6.45, 7) is 0. The van der Waals surface area contributed by atoms with Crippen LogP contribution < -0.4 is 0 Å². The Kier molecular flexibility index (Phi) is 2.20. The topological polar surface area (TPSA) is 57.5 Å². The van der Waals surface area contributed by atoms with E-state index < -0.39 is 0 Å². The number of hydrogen-bond acceptors (Lipinski definition) is 3.